The molecule has 3 N–H and O–H groups in total. The van der Waals surface area contributed by atoms with E-state index in [0.717, 1.165) is 9.92 Å². The number of rotatable bonds is 8. The van der Waals surface area contributed by atoms with Crippen LogP contribution in [0, 0.1) is 0 Å². The average Bonchev–Trinajstić information content (AvgIpc) is 3.50. The Labute approximate surface area is 196 Å². The molecule has 0 spiro atoms. The smallest absolute Gasteiger partial charge is 0.188 e. The third kappa shape index (κ3) is 4.93. The third-order valence-corrected chi connectivity index (χ3v) is 6.13. The van der Waals surface area contributed by atoms with Gasteiger partial charge in [0.15, 0.2) is 22.3 Å². The molecule has 1 unspecified atom stereocenters. The molecule has 0 aliphatic rings. The van der Waals surface area contributed by atoms with Crippen molar-refractivity contribution in [3.05, 3.63) is 72.4 Å². The first-order valence-corrected chi connectivity index (χ1v) is 11.4. The number of hydrogen-bond donors (Lipinski definition) is 3. The molecule has 0 aliphatic carbocycles. The zero-order valence-electron chi connectivity index (χ0n) is 16.9. The maximum absolute atomic E-state index is 9.81. The fourth-order valence-corrected chi connectivity index (χ4v) is 4.39. The van der Waals surface area contributed by atoms with Gasteiger partial charge in [0.05, 0.1) is 12.3 Å². The number of ether oxygens (including phenoxy) is 1. The molecular weight excluding hydrogens is 462 g/mol. The van der Waals surface area contributed by atoms with Crippen molar-refractivity contribution in [3.8, 4) is 11.5 Å². The summed E-state index contributed by atoms with van der Waals surface area (Å²) in [6.45, 7) is -0.402. The molecule has 12 heteroatoms. The first-order valence-electron chi connectivity index (χ1n) is 9.75. The van der Waals surface area contributed by atoms with Gasteiger partial charge in [-0.05, 0) is 18.2 Å². The number of aliphatic hydroxyl groups excluding tert-OH is 2. The number of pyridine rings is 3. The molecule has 0 aliphatic heterocycles. The van der Waals surface area contributed by atoms with Crippen LogP contribution in [0.1, 0.15) is 11.8 Å². The molecule has 0 fully saturated rings. The summed E-state index contributed by atoms with van der Waals surface area (Å²) in [5.74, 6) is 1.48. The van der Waals surface area contributed by atoms with E-state index in [1.54, 1.807) is 46.8 Å². The van der Waals surface area contributed by atoms with Crippen LogP contribution in [0.2, 0.25) is 0 Å². The van der Waals surface area contributed by atoms with Gasteiger partial charge in [0, 0.05) is 41.0 Å². The Kier molecular flexibility index (Phi) is 6.13. The monoisotopic (exact) mass is 479 g/mol. The van der Waals surface area contributed by atoms with Gasteiger partial charge in [0.2, 0.25) is 0 Å². The van der Waals surface area contributed by atoms with Crippen LogP contribution in [0.4, 0.5) is 10.9 Å². The molecule has 5 aromatic rings. The van der Waals surface area contributed by atoms with Crippen molar-refractivity contribution in [2.75, 3.05) is 11.9 Å². The Morgan fingerprint density at radius 1 is 1.21 bits per heavy atom. The summed E-state index contributed by atoms with van der Waals surface area (Å²) in [6, 6.07) is 11.1. The third-order valence-electron chi connectivity index (χ3n) is 4.45. The van der Waals surface area contributed by atoms with E-state index in [4.69, 9.17) is 9.84 Å². The van der Waals surface area contributed by atoms with Gasteiger partial charge in [0.25, 0.3) is 0 Å². The van der Waals surface area contributed by atoms with Crippen molar-refractivity contribution in [1.82, 2.24) is 29.5 Å². The summed E-state index contributed by atoms with van der Waals surface area (Å²) in [6.07, 6.45) is 5.83. The number of thiazole rings is 1. The maximum Gasteiger partial charge on any atom is 0.188 e. The number of hydrogen-bond acceptors (Lipinski definition) is 11. The topological polar surface area (TPSA) is 131 Å². The highest BCUT2D eigenvalue weighted by molar-refractivity contribution is 7.99. The van der Waals surface area contributed by atoms with Gasteiger partial charge in [0.1, 0.15) is 23.2 Å². The number of nitrogens with zero attached hydrogens (tertiary/aromatic N) is 6. The van der Waals surface area contributed by atoms with Gasteiger partial charge < -0.3 is 20.3 Å². The van der Waals surface area contributed by atoms with Crippen molar-refractivity contribution < 1.29 is 14.9 Å². The fraction of sp³-hybridized carbons (Fsp3) is 0.0952. The van der Waals surface area contributed by atoms with Crippen molar-refractivity contribution in [3.63, 3.8) is 0 Å². The summed E-state index contributed by atoms with van der Waals surface area (Å²) < 4.78 is 7.94. The van der Waals surface area contributed by atoms with Gasteiger partial charge in [-0.1, -0.05) is 17.8 Å². The molecule has 5 aromatic heterocycles. The molecule has 10 nitrogen and oxygen atoms in total. The van der Waals surface area contributed by atoms with E-state index < -0.39 is 12.7 Å². The zero-order valence-corrected chi connectivity index (χ0v) is 18.6. The minimum atomic E-state index is -1.03. The number of aliphatic hydroxyl groups is 2. The van der Waals surface area contributed by atoms with E-state index in [-0.39, 0.29) is 0 Å². The molecule has 5 heterocycles. The zero-order chi connectivity index (χ0) is 22.6. The maximum atomic E-state index is 9.81. The Hall–Kier alpha value is -3.58. The second-order valence-electron chi connectivity index (χ2n) is 6.75. The van der Waals surface area contributed by atoms with Crippen LogP contribution in [-0.2, 0) is 0 Å². The predicted molar refractivity (Wildman–Crippen MR) is 123 cm³/mol. The molecule has 0 amide bonds. The second-order valence-corrected chi connectivity index (χ2v) is 8.70. The van der Waals surface area contributed by atoms with E-state index >= 15 is 0 Å². The standard InChI is InChI=1S/C21H17N7O3S2/c29-10-16(30)15-11-32-21(25-15)26-20-17(31-13-4-6-28-12-24-27-18(28)7-13)8-14(9-23-20)33-19-3-1-2-5-22-19/h1-9,11-12,16,29-30H,10H2,(H,23,25,26). The second kappa shape index (κ2) is 9.50. The molecule has 5 rings (SSSR count). The summed E-state index contributed by atoms with van der Waals surface area (Å²) in [5.41, 5.74) is 1.03. The van der Waals surface area contributed by atoms with Crippen LogP contribution < -0.4 is 10.1 Å². The molecule has 166 valence electrons. The largest absolute Gasteiger partial charge is 0.453 e. The lowest BCUT2D eigenvalue weighted by Crippen LogP contribution is -2.03. The highest BCUT2D eigenvalue weighted by atomic mass is 32.2. The highest BCUT2D eigenvalue weighted by Crippen LogP contribution is 2.36. The number of anilines is 2. The van der Waals surface area contributed by atoms with Crippen molar-refractivity contribution in [2.45, 2.75) is 16.0 Å². The van der Waals surface area contributed by atoms with Crippen molar-refractivity contribution >= 4 is 39.7 Å². The molecule has 0 bridgehead atoms. The predicted octanol–water partition coefficient (Wildman–Crippen LogP) is 3.69. The van der Waals surface area contributed by atoms with Crippen LogP contribution in [-0.4, -0.2) is 46.4 Å². The number of aromatic nitrogens is 6. The SMILES string of the molecule is OCC(O)c1csc(Nc2ncc(Sc3ccccn3)cc2Oc2ccn3cnnc3c2)n1. The van der Waals surface area contributed by atoms with Gasteiger partial charge in [-0.15, -0.1) is 21.5 Å². The van der Waals surface area contributed by atoms with Crippen molar-refractivity contribution in [1.29, 1.82) is 0 Å². The van der Waals surface area contributed by atoms with Crippen LogP contribution in [0.3, 0.4) is 0 Å². The summed E-state index contributed by atoms with van der Waals surface area (Å²) in [7, 11) is 0. The lowest BCUT2D eigenvalue weighted by atomic mass is 10.3. The van der Waals surface area contributed by atoms with Gasteiger partial charge >= 0.3 is 0 Å². The molecule has 1 atom stereocenters. The van der Waals surface area contributed by atoms with Crippen LogP contribution in [0.5, 0.6) is 11.5 Å². The minimum absolute atomic E-state index is 0.382. The molecule has 0 aromatic carbocycles. The van der Waals surface area contributed by atoms with E-state index in [1.165, 1.54) is 23.1 Å². The number of fused-ring (bicyclic) bond motifs is 1. The van der Waals surface area contributed by atoms with Crippen LogP contribution in [0.15, 0.2) is 76.6 Å². The fourth-order valence-electron chi connectivity index (χ4n) is 2.86. The number of nitrogens with one attached hydrogen (secondary N) is 1. The average molecular weight is 480 g/mol. The van der Waals surface area contributed by atoms with Crippen LogP contribution in [0.25, 0.3) is 5.65 Å². The van der Waals surface area contributed by atoms with E-state index in [1.807, 2.05) is 24.3 Å². The van der Waals surface area contributed by atoms with E-state index in [2.05, 4.69) is 30.5 Å². The Balaban J connectivity index is 1.46. The molecule has 0 radical (unpaired) electrons. The van der Waals surface area contributed by atoms with Crippen LogP contribution >= 0.6 is 23.1 Å². The lowest BCUT2D eigenvalue weighted by Gasteiger charge is -2.12. The quantitative estimate of drug-likeness (QED) is 0.303. The minimum Gasteiger partial charge on any atom is -0.453 e. The Morgan fingerprint density at radius 3 is 3.00 bits per heavy atom. The Bertz CT molecular complexity index is 1380. The van der Waals surface area contributed by atoms with E-state index in [0.29, 0.717) is 33.8 Å². The normalized spacial score (nSPS) is 12.1. The lowest BCUT2D eigenvalue weighted by molar-refractivity contribution is 0.0928. The van der Waals surface area contributed by atoms with Gasteiger partial charge in [-0.2, -0.15) is 0 Å². The highest BCUT2D eigenvalue weighted by Gasteiger charge is 2.15. The van der Waals surface area contributed by atoms with E-state index in [9.17, 15) is 5.11 Å². The molecule has 0 saturated heterocycles. The molecular formula is C21H17N7O3S2. The first kappa shape index (κ1) is 21.3. The molecule has 33 heavy (non-hydrogen) atoms. The van der Waals surface area contributed by atoms with Gasteiger partial charge in [-0.3, -0.25) is 4.40 Å². The summed E-state index contributed by atoms with van der Waals surface area (Å²) >= 11 is 2.75. The van der Waals surface area contributed by atoms with Gasteiger partial charge in [-0.25, -0.2) is 15.0 Å². The summed E-state index contributed by atoms with van der Waals surface area (Å²) in [5, 5.41) is 33.0. The summed E-state index contributed by atoms with van der Waals surface area (Å²) in [4.78, 5) is 14.0. The first-order chi connectivity index (χ1) is 16.2. The van der Waals surface area contributed by atoms with Crippen molar-refractivity contribution in [2.24, 2.45) is 0 Å². The Morgan fingerprint density at radius 2 is 2.15 bits per heavy atom. The molecule has 0 saturated carbocycles.